The minimum Gasteiger partial charge on any atom is -0.464 e. The number of benzene rings is 1. The van der Waals surface area contributed by atoms with Gasteiger partial charge in [-0.25, -0.2) is 9.59 Å². The van der Waals surface area contributed by atoms with E-state index in [-0.39, 0.29) is 30.3 Å². The number of hydrogen-bond donors (Lipinski definition) is 1. The highest BCUT2D eigenvalue weighted by Crippen LogP contribution is 2.65. The first-order valence-electron chi connectivity index (χ1n) is 15.5. The molecule has 1 N–H and O–H groups in total. The van der Waals surface area contributed by atoms with Crippen LogP contribution < -0.4 is 5.32 Å². The Kier molecular flexibility index (Phi) is 6.45. The summed E-state index contributed by atoms with van der Waals surface area (Å²) in [4.78, 5) is 27.9. The number of likely N-dealkylation sites (tertiary alicyclic amines) is 1. The molecule has 0 spiro atoms. The van der Waals surface area contributed by atoms with Gasteiger partial charge >= 0.3 is 19.3 Å². The molecule has 1 aromatic heterocycles. The quantitative estimate of drug-likeness (QED) is 0.446. The summed E-state index contributed by atoms with van der Waals surface area (Å²) >= 11 is 0. The van der Waals surface area contributed by atoms with Crippen molar-refractivity contribution >= 4 is 30.3 Å². The maximum atomic E-state index is 13.4. The van der Waals surface area contributed by atoms with Gasteiger partial charge in [0.1, 0.15) is 17.8 Å². The fourth-order valence-electron chi connectivity index (χ4n) is 8.38. The lowest BCUT2D eigenvalue weighted by atomic mass is 9.43. The van der Waals surface area contributed by atoms with Crippen molar-refractivity contribution in [1.29, 1.82) is 0 Å². The Labute approximate surface area is 248 Å². The van der Waals surface area contributed by atoms with Gasteiger partial charge in [0.15, 0.2) is 0 Å². The molecule has 1 aromatic carbocycles. The molecule has 2 amide bonds. The molecule has 10 heteroatoms. The molecule has 6 aliphatic rings. The van der Waals surface area contributed by atoms with Crippen LogP contribution in [0.1, 0.15) is 66.4 Å². The van der Waals surface area contributed by atoms with Gasteiger partial charge < -0.3 is 33.4 Å². The van der Waals surface area contributed by atoms with Crippen LogP contribution >= 0.6 is 0 Å². The predicted octanol–water partition coefficient (Wildman–Crippen LogP) is 5.59. The van der Waals surface area contributed by atoms with Gasteiger partial charge in [-0.1, -0.05) is 32.0 Å². The Balaban J connectivity index is 1.06. The van der Waals surface area contributed by atoms with E-state index in [2.05, 4.69) is 26.1 Å². The number of nitrogens with zero attached hydrogens (tertiary/aromatic N) is 1. The van der Waals surface area contributed by atoms with E-state index < -0.39 is 30.4 Å². The van der Waals surface area contributed by atoms with E-state index in [1.54, 1.807) is 11.2 Å². The number of fused-ring (bicyclic) bond motifs is 2. The average Bonchev–Trinajstić information content (AvgIpc) is 3.24. The van der Waals surface area contributed by atoms with Crippen LogP contribution in [-0.4, -0.2) is 66.6 Å². The van der Waals surface area contributed by atoms with Gasteiger partial charge in [0.25, 0.3) is 0 Å². The molecule has 3 heterocycles. The number of nitrogens with one attached hydrogen (secondary N) is 1. The summed E-state index contributed by atoms with van der Waals surface area (Å²) in [7, 11) is -0.617. The second kappa shape index (κ2) is 9.64. The normalized spacial score (nSPS) is 34.8. The number of alkyl carbamates (subject to hydrolysis) is 1. The van der Waals surface area contributed by atoms with E-state index >= 15 is 0 Å². The van der Waals surface area contributed by atoms with Crippen molar-refractivity contribution in [2.45, 2.75) is 96.5 Å². The predicted molar refractivity (Wildman–Crippen MR) is 157 cm³/mol. The maximum Gasteiger partial charge on any atom is 0.482 e. The van der Waals surface area contributed by atoms with E-state index in [4.69, 9.17) is 23.2 Å². The van der Waals surface area contributed by atoms with Crippen molar-refractivity contribution in [3.63, 3.8) is 0 Å². The smallest absolute Gasteiger partial charge is 0.464 e. The molecule has 4 saturated carbocycles. The van der Waals surface area contributed by atoms with Crippen molar-refractivity contribution in [1.82, 2.24) is 10.2 Å². The van der Waals surface area contributed by atoms with Gasteiger partial charge in [-0.2, -0.15) is 0 Å². The molecular formula is C32H43BN2O7. The summed E-state index contributed by atoms with van der Waals surface area (Å²) < 4.78 is 30.6. The van der Waals surface area contributed by atoms with Gasteiger partial charge in [-0.3, -0.25) is 0 Å². The topological polar surface area (TPSA) is 99.5 Å². The van der Waals surface area contributed by atoms with Gasteiger partial charge in [-0.05, 0) is 94.1 Å². The first-order valence-corrected chi connectivity index (χ1v) is 15.5. The Morgan fingerprint density at radius 1 is 1.17 bits per heavy atom. The second-order valence-electron chi connectivity index (χ2n) is 15.0. The highest BCUT2D eigenvalue weighted by atomic mass is 16.7. The Hall–Kier alpha value is -2.72. The summed E-state index contributed by atoms with van der Waals surface area (Å²) in [6, 6.07) is 7.71. The van der Waals surface area contributed by atoms with Crippen LogP contribution in [0.15, 0.2) is 34.9 Å². The molecule has 4 aliphatic carbocycles. The third kappa shape index (κ3) is 4.69. The number of ether oxygens (including phenoxy) is 2. The van der Waals surface area contributed by atoms with Gasteiger partial charge in [0, 0.05) is 11.9 Å². The number of furan rings is 1. The lowest BCUT2D eigenvalue weighted by Crippen LogP contribution is -2.65. The molecule has 2 bridgehead atoms. The number of carbonyl (C=O) groups is 2. The zero-order chi connectivity index (χ0) is 29.6. The van der Waals surface area contributed by atoms with E-state index in [0.717, 1.165) is 35.8 Å². The Bertz CT molecular complexity index is 1390. The van der Waals surface area contributed by atoms with Crippen LogP contribution in [0.3, 0.4) is 0 Å². The number of para-hydroxylation sites is 1. The van der Waals surface area contributed by atoms with Crippen molar-refractivity contribution in [2.75, 3.05) is 13.2 Å². The zero-order valence-corrected chi connectivity index (χ0v) is 25.6. The standard InChI is InChI=1S/C32H43BN2O7/c1-30(2,3)40-29(37)35-15-18-11-22(18)23(35)17-39-28(36)34-27(12-19-16-38-24-10-8-7-9-21(19)24)33-41-26-14-20-13-25(31(20,4)5)32(26,6)42-33/h7-10,16,18,20,22-23,25-27H,11-15,17H2,1-6H3,(H,34,36)/t18-,20-,22-,23-,25-,26+,27-,32-/m0/s1. The van der Waals surface area contributed by atoms with Crippen molar-refractivity contribution < 1.29 is 32.8 Å². The highest BCUT2D eigenvalue weighted by Gasteiger charge is 2.68. The van der Waals surface area contributed by atoms with E-state index in [1.807, 2.05) is 45.0 Å². The first kappa shape index (κ1) is 28.1. The molecule has 2 aromatic rings. The largest absolute Gasteiger partial charge is 0.482 e. The van der Waals surface area contributed by atoms with Gasteiger partial charge in [0.05, 0.1) is 30.0 Å². The van der Waals surface area contributed by atoms with Crippen molar-refractivity contribution in [3.8, 4) is 0 Å². The van der Waals surface area contributed by atoms with Gasteiger partial charge in [0.2, 0.25) is 0 Å². The summed E-state index contributed by atoms with van der Waals surface area (Å²) in [6.45, 7) is 13.2. The second-order valence-corrected chi connectivity index (χ2v) is 15.0. The molecular weight excluding hydrogens is 535 g/mol. The zero-order valence-electron chi connectivity index (χ0n) is 25.6. The van der Waals surface area contributed by atoms with Crippen LogP contribution in [0.25, 0.3) is 11.0 Å². The summed E-state index contributed by atoms with van der Waals surface area (Å²) in [6.07, 6.45) is 4.49. The number of rotatable bonds is 6. The van der Waals surface area contributed by atoms with Crippen LogP contribution in [0.4, 0.5) is 9.59 Å². The van der Waals surface area contributed by atoms with Crippen molar-refractivity contribution in [3.05, 3.63) is 36.1 Å². The minimum atomic E-state index is -0.617. The molecule has 8 atom stereocenters. The van der Waals surface area contributed by atoms with Crippen LogP contribution in [-0.2, 0) is 25.2 Å². The fourth-order valence-corrected chi connectivity index (χ4v) is 8.38. The fraction of sp³-hybridized carbons (Fsp3) is 0.688. The molecule has 8 rings (SSSR count). The molecule has 226 valence electrons. The first-order chi connectivity index (χ1) is 19.8. The molecule has 0 radical (unpaired) electrons. The molecule has 6 fully saturated rings. The number of hydrogen-bond acceptors (Lipinski definition) is 7. The number of piperidine rings is 1. The van der Waals surface area contributed by atoms with Crippen LogP contribution in [0, 0.1) is 29.1 Å². The number of carbonyl (C=O) groups excluding carboxylic acids is 2. The maximum absolute atomic E-state index is 13.4. The van der Waals surface area contributed by atoms with Crippen molar-refractivity contribution in [2.24, 2.45) is 29.1 Å². The Morgan fingerprint density at radius 3 is 2.71 bits per heavy atom. The molecule has 2 aliphatic heterocycles. The Morgan fingerprint density at radius 2 is 1.95 bits per heavy atom. The molecule has 42 heavy (non-hydrogen) atoms. The van der Waals surface area contributed by atoms with Crippen LogP contribution in [0.5, 0.6) is 0 Å². The number of amides is 2. The van der Waals surface area contributed by atoms with E-state index in [1.165, 1.54) is 0 Å². The summed E-state index contributed by atoms with van der Waals surface area (Å²) in [5.41, 5.74) is 1.01. The minimum absolute atomic E-state index is 0.00614. The SMILES string of the molecule is CC(C)(C)OC(=O)N1C[C@@H]2C[C@@H]2[C@@H]1COC(=O)N[C@@H](Cc1coc2ccccc12)B1O[C@@H]2C[C@@H]3C[C@@H](C3(C)C)[C@]2(C)O1. The third-order valence-electron chi connectivity index (χ3n) is 10.9. The molecule has 2 saturated heterocycles. The van der Waals surface area contributed by atoms with Gasteiger partial charge in [-0.15, -0.1) is 0 Å². The molecule has 9 nitrogen and oxygen atoms in total. The van der Waals surface area contributed by atoms with E-state index in [9.17, 15) is 9.59 Å². The summed E-state index contributed by atoms with van der Waals surface area (Å²) in [5.74, 6) is 1.35. The highest BCUT2D eigenvalue weighted by molar-refractivity contribution is 6.48. The third-order valence-corrected chi connectivity index (χ3v) is 10.9. The average molecular weight is 579 g/mol. The molecule has 0 unspecified atom stereocenters. The monoisotopic (exact) mass is 578 g/mol. The van der Waals surface area contributed by atoms with Crippen LogP contribution in [0.2, 0.25) is 0 Å². The van der Waals surface area contributed by atoms with E-state index in [0.29, 0.717) is 36.6 Å². The summed E-state index contributed by atoms with van der Waals surface area (Å²) in [5, 5.41) is 4.09. The lowest BCUT2D eigenvalue weighted by molar-refractivity contribution is -0.199. The lowest BCUT2D eigenvalue weighted by Gasteiger charge is -2.64.